The van der Waals surface area contributed by atoms with Crippen LogP contribution in [0.2, 0.25) is 0 Å². The predicted octanol–water partition coefficient (Wildman–Crippen LogP) is 2.44. The van der Waals surface area contributed by atoms with Crippen LogP contribution in [-0.4, -0.2) is 23.7 Å². The van der Waals surface area contributed by atoms with E-state index < -0.39 is 0 Å². The van der Waals surface area contributed by atoms with Crippen molar-refractivity contribution in [3.05, 3.63) is 30.3 Å². The fourth-order valence-electron chi connectivity index (χ4n) is 1.40. The first-order valence-corrected chi connectivity index (χ1v) is 6.70. The average molecular weight is 289 g/mol. The molecule has 1 rings (SSSR count). The van der Waals surface area contributed by atoms with Crippen molar-refractivity contribution in [1.29, 1.82) is 0 Å². The van der Waals surface area contributed by atoms with Gasteiger partial charge in [0.15, 0.2) is 0 Å². The Labute approximate surface area is 119 Å². The van der Waals surface area contributed by atoms with Gasteiger partial charge in [-0.3, -0.25) is 4.79 Å². The lowest BCUT2D eigenvalue weighted by Crippen LogP contribution is -2.33. The number of hydrogen-bond donors (Lipinski definition) is 2. The lowest BCUT2D eigenvalue weighted by Gasteiger charge is -2.13. The van der Waals surface area contributed by atoms with Crippen LogP contribution in [0.5, 0.6) is 0 Å². The normalized spacial score (nSPS) is 13.3. The van der Waals surface area contributed by atoms with Gasteiger partial charge in [-0.25, -0.2) is 0 Å². The molecule has 5 heteroatoms. The number of amides is 1. The molecule has 18 heavy (non-hydrogen) atoms. The van der Waals surface area contributed by atoms with E-state index in [0.29, 0.717) is 18.2 Å². The number of rotatable bonds is 6. The number of thioether (sulfide) groups is 1. The number of benzene rings is 1. The van der Waals surface area contributed by atoms with Crippen LogP contribution in [0.4, 0.5) is 0 Å². The van der Waals surface area contributed by atoms with Gasteiger partial charge >= 0.3 is 0 Å². The summed E-state index contributed by atoms with van der Waals surface area (Å²) < 4.78 is 0. The summed E-state index contributed by atoms with van der Waals surface area (Å²) in [5.74, 6) is 0.0283. The van der Waals surface area contributed by atoms with E-state index in [-0.39, 0.29) is 24.4 Å². The first-order chi connectivity index (χ1) is 8.08. The standard InChI is InChI=1S/C13H20N2OS.ClH/c1-10(14)8-13(16)15-9-11(2)17-12-6-4-3-5-7-12;/h3-7,10-11H,8-9,14H2,1-2H3,(H,15,16);1H. The number of halogens is 1. The Morgan fingerprint density at radius 1 is 1.33 bits per heavy atom. The topological polar surface area (TPSA) is 55.1 Å². The van der Waals surface area contributed by atoms with Crippen LogP contribution in [0, 0.1) is 0 Å². The Morgan fingerprint density at radius 2 is 1.94 bits per heavy atom. The summed E-state index contributed by atoms with van der Waals surface area (Å²) in [4.78, 5) is 12.6. The van der Waals surface area contributed by atoms with E-state index in [1.54, 1.807) is 11.8 Å². The van der Waals surface area contributed by atoms with Crippen molar-refractivity contribution in [3.63, 3.8) is 0 Å². The van der Waals surface area contributed by atoms with E-state index in [1.165, 1.54) is 4.90 Å². The van der Waals surface area contributed by atoms with Crippen LogP contribution < -0.4 is 11.1 Å². The van der Waals surface area contributed by atoms with Crippen LogP contribution >= 0.6 is 24.2 Å². The van der Waals surface area contributed by atoms with Crippen LogP contribution in [0.1, 0.15) is 20.3 Å². The molecule has 0 fully saturated rings. The summed E-state index contributed by atoms with van der Waals surface area (Å²) in [5, 5.41) is 3.25. The second-order valence-electron chi connectivity index (χ2n) is 4.23. The molecule has 3 nitrogen and oxygen atoms in total. The quantitative estimate of drug-likeness (QED) is 0.791. The van der Waals surface area contributed by atoms with E-state index in [4.69, 9.17) is 5.73 Å². The van der Waals surface area contributed by atoms with Crippen LogP contribution in [0.3, 0.4) is 0 Å². The van der Waals surface area contributed by atoms with Crippen molar-refractivity contribution in [3.8, 4) is 0 Å². The van der Waals surface area contributed by atoms with Gasteiger partial charge in [0.2, 0.25) is 5.91 Å². The molecular formula is C13H21ClN2OS. The minimum atomic E-state index is -0.0768. The van der Waals surface area contributed by atoms with Gasteiger partial charge in [-0.05, 0) is 19.1 Å². The van der Waals surface area contributed by atoms with Gasteiger partial charge in [-0.1, -0.05) is 25.1 Å². The Morgan fingerprint density at radius 3 is 2.50 bits per heavy atom. The van der Waals surface area contributed by atoms with Gasteiger partial charge < -0.3 is 11.1 Å². The lowest BCUT2D eigenvalue weighted by atomic mass is 10.2. The molecule has 0 aliphatic heterocycles. The molecule has 102 valence electrons. The van der Waals surface area contributed by atoms with Gasteiger partial charge in [0.05, 0.1) is 0 Å². The third-order valence-corrected chi connectivity index (χ3v) is 3.29. The van der Waals surface area contributed by atoms with Crippen molar-refractivity contribution in [2.45, 2.75) is 36.5 Å². The largest absolute Gasteiger partial charge is 0.355 e. The van der Waals surface area contributed by atoms with Crippen molar-refractivity contribution in [2.75, 3.05) is 6.54 Å². The Hall–Kier alpha value is -0.710. The summed E-state index contributed by atoms with van der Waals surface area (Å²) in [6, 6.07) is 10.1. The molecule has 0 bridgehead atoms. The highest BCUT2D eigenvalue weighted by Crippen LogP contribution is 2.21. The third kappa shape index (κ3) is 7.58. The summed E-state index contributed by atoms with van der Waals surface area (Å²) in [6.45, 7) is 4.61. The first kappa shape index (κ1) is 17.3. The van der Waals surface area contributed by atoms with Gasteiger partial charge in [-0.15, -0.1) is 24.2 Å². The highest BCUT2D eigenvalue weighted by Gasteiger charge is 2.08. The molecule has 0 heterocycles. The minimum Gasteiger partial charge on any atom is -0.355 e. The second-order valence-corrected chi connectivity index (χ2v) is 5.74. The maximum atomic E-state index is 11.4. The average Bonchev–Trinajstić information content (AvgIpc) is 2.27. The molecule has 1 aromatic rings. The van der Waals surface area contributed by atoms with E-state index in [9.17, 15) is 4.79 Å². The maximum absolute atomic E-state index is 11.4. The first-order valence-electron chi connectivity index (χ1n) is 5.82. The fraction of sp³-hybridized carbons (Fsp3) is 0.462. The molecular weight excluding hydrogens is 268 g/mol. The molecule has 2 atom stereocenters. The Balaban J connectivity index is 0.00000289. The molecule has 3 N–H and O–H groups in total. The number of nitrogens with two attached hydrogens (primary N) is 1. The highest BCUT2D eigenvalue weighted by atomic mass is 35.5. The van der Waals surface area contributed by atoms with Crippen LogP contribution in [0.25, 0.3) is 0 Å². The number of nitrogens with one attached hydrogen (secondary N) is 1. The Kier molecular flexibility index (Phi) is 8.89. The molecule has 2 unspecified atom stereocenters. The molecule has 0 aromatic heterocycles. The van der Waals surface area contributed by atoms with Gasteiger partial charge in [0.25, 0.3) is 0 Å². The highest BCUT2D eigenvalue weighted by molar-refractivity contribution is 8.00. The zero-order valence-electron chi connectivity index (χ0n) is 10.8. The molecule has 0 saturated carbocycles. The van der Waals surface area contributed by atoms with E-state index in [0.717, 1.165) is 0 Å². The molecule has 1 amide bonds. The van der Waals surface area contributed by atoms with Crippen LogP contribution in [0.15, 0.2) is 35.2 Å². The molecule has 0 aliphatic carbocycles. The third-order valence-electron chi connectivity index (χ3n) is 2.17. The smallest absolute Gasteiger partial charge is 0.221 e. The second kappa shape index (κ2) is 9.25. The monoisotopic (exact) mass is 288 g/mol. The fourth-order valence-corrected chi connectivity index (χ4v) is 2.34. The van der Waals surface area contributed by atoms with E-state index in [2.05, 4.69) is 24.4 Å². The molecule has 0 spiro atoms. The van der Waals surface area contributed by atoms with Crippen molar-refractivity contribution in [2.24, 2.45) is 5.73 Å². The van der Waals surface area contributed by atoms with Crippen LogP contribution in [-0.2, 0) is 4.79 Å². The SMILES string of the molecule is CC(N)CC(=O)NCC(C)Sc1ccccc1.Cl. The van der Waals surface area contributed by atoms with E-state index in [1.807, 2.05) is 25.1 Å². The maximum Gasteiger partial charge on any atom is 0.221 e. The zero-order chi connectivity index (χ0) is 12.7. The Bertz CT molecular complexity index is 346. The predicted molar refractivity (Wildman–Crippen MR) is 80.3 cm³/mol. The lowest BCUT2D eigenvalue weighted by molar-refractivity contribution is -0.121. The van der Waals surface area contributed by atoms with Gasteiger partial charge in [0, 0.05) is 29.2 Å². The van der Waals surface area contributed by atoms with Gasteiger partial charge in [0.1, 0.15) is 0 Å². The molecule has 0 saturated heterocycles. The minimum absolute atomic E-state index is 0. The van der Waals surface area contributed by atoms with Gasteiger partial charge in [-0.2, -0.15) is 0 Å². The van der Waals surface area contributed by atoms with Crippen molar-refractivity contribution >= 4 is 30.1 Å². The summed E-state index contributed by atoms with van der Waals surface area (Å²) in [5.41, 5.74) is 5.56. The van der Waals surface area contributed by atoms with Crippen molar-refractivity contribution in [1.82, 2.24) is 5.32 Å². The van der Waals surface area contributed by atoms with E-state index >= 15 is 0 Å². The number of carbonyl (C=O) groups excluding carboxylic acids is 1. The molecule has 0 radical (unpaired) electrons. The summed E-state index contributed by atoms with van der Waals surface area (Å²) in [6.07, 6.45) is 0.392. The molecule has 1 aromatic carbocycles. The number of carbonyl (C=O) groups is 1. The summed E-state index contributed by atoms with van der Waals surface area (Å²) >= 11 is 1.76. The van der Waals surface area contributed by atoms with Crippen molar-refractivity contribution < 1.29 is 4.79 Å². The molecule has 0 aliphatic rings. The summed E-state index contributed by atoms with van der Waals surface area (Å²) in [7, 11) is 0. The number of hydrogen-bond acceptors (Lipinski definition) is 3. The zero-order valence-corrected chi connectivity index (χ0v) is 12.4.